The van der Waals surface area contributed by atoms with Crippen molar-refractivity contribution in [3.05, 3.63) is 36.2 Å². The number of hydrogen-bond donors (Lipinski definition) is 1. The third kappa shape index (κ3) is 5.87. The Labute approximate surface area is 228 Å². The molecule has 8 nitrogen and oxygen atoms in total. The summed E-state index contributed by atoms with van der Waals surface area (Å²) in [6.07, 6.45) is 4.75. The third-order valence-corrected chi connectivity index (χ3v) is 8.74. The number of anilines is 2. The number of para-hydroxylation sites is 2. The van der Waals surface area contributed by atoms with Gasteiger partial charge < -0.3 is 19.9 Å². The maximum Gasteiger partial charge on any atom is 0.296 e. The summed E-state index contributed by atoms with van der Waals surface area (Å²) in [5, 5.41) is 3.48. The predicted molar refractivity (Wildman–Crippen MR) is 149 cm³/mol. The van der Waals surface area contributed by atoms with E-state index in [1.54, 1.807) is 18.2 Å². The summed E-state index contributed by atoms with van der Waals surface area (Å²) in [4.78, 5) is 18.6. The van der Waals surface area contributed by atoms with Gasteiger partial charge in [-0.25, -0.2) is 13.8 Å². The number of hydrogen-bond acceptors (Lipinski definition) is 7. The standard InChI is InChI=1S/C29H39F2N7O/c1-20-10-12-36(13-11-20)22-8-6-21(7-9-22)19-32-29-34-25(37-14-16-39-17-15-37)18-26(35-29)38-24-5-3-2-4-23(24)33-28(38)27(30)31/h2-5,18,20-22,27H,6-17,19H2,1H3,(H,32,34,35)/t21-,22-. The van der Waals surface area contributed by atoms with Crippen LogP contribution in [-0.4, -0.2) is 76.4 Å². The monoisotopic (exact) mass is 539 g/mol. The molecule has 4 heterocycles. The molecular weight excluding hydrogens is 500 g/mol. The number of fused-ring (bicyclic) bond motifs is 1. The Balaban J connectivity index is 1.21. The molecule has 0 bridgehead atoms. The van der Waals surface area contributed by atoms with E-state index in [-0.39, 0.29) is 5.82 Å². The molecule has 0 unspecified atom stereocenters. The fourth-order valence-corrected chi connectivity index (χ4v) is 6.35. The molecule has 0 spiro atoms. The Morgan fingerprint density at radius 3 is 2.38 bits per heavy atom. The third-order valence-electron chi connectivity index (χ3n) is 8.74. The van der Waals surface area contributed by atoms with E-state index >= 15 is 0 Å². The summed E-state index contributed by atoms with van der Waals surface area (Å²) < 4.78 is 35.2. The largest absolute Gasteiger partial charge is 0.378 e. The zero-order valence-electron chi connectivity index (χ0n) is 22.7. The van der Waals surface area contributed by atoms with Gasteiger partial charge >= 0.3 is 0 Å². The van der Waals surface area contributed by atoms with E-state index in [1.807, 2.05) is 12.1 Å². The Kier molecular flexibility index (Phi) is 7.92. The minimum absolute atomic E-state index is 0.306. The Bertz CT molecular complexity index is 1250. The molecule has 3 fully saturated rings. The number of benzene rings is 1. The highest BCUT2D eigenvalue weighted by molar-refractivity contribution is 5.78. The van der Waals surface area contributed by atoms with Crippen LogP contribution in [0.1, 0.15) is 57.7 Å². The van der Waals surface area contributed by atoms with Gasteiger partial charge in [0.15, 0.2) is 5.82 Å². The lowest BCUT2D eigenvalue weighted by Crippen LogP contribution is -2.43. The minimum Gasteiger partial charge on any atom is -0.378 e. The van der Waals surface area contributed by atoms with Crippen molar-refractivity contribution in [1.82, 2.24) is 24.4 Å². The Morgan fingerprint density at radius 2 is 1.64 bits per heavy atom. The number of halogens is 2. The molecule has 0 atom stereocenters. The van der Waals surface area contributed by atoms with Crippen molar-refractivity contribution in [3.8, 4) is 5.82 Å². The summed E-state index contributed by atoms with van der Waals surface area (Å²) in [5.41, 5.74) is 1.13. The first kappa shape index (κ1) is 26.4. The fourth-order valence-electron chi connectivity index (χ4n) is 6.35. The molecule has 2 aromatic heterocycles. The molecule has 6 rings (SSSR count). The highest BCUT2D eigenvalue weighted by atomic mass is 19.3. The summed E-state index contributed by atoms with van der Waals surface area (Å²) in [6.45, 7) is 8.23. The Hall–Kier alpha value is -2.85. The number of aromatic nitrogens is 4. The number of alkyl halides is 2. The van der Waals surface area contributed by atoms with Gasteiger partial charge in [0, 0.05) is 31.7 Å². The smallest absolute Gasteiger partial charge is 0.296 e. The van der Waals surface area contributed by atoms with Crippen LogP contribution in [0.4, 0.5) is 20.5 Å². The average Bonchev–Trinajstić information content (AvgIpc) is 3.37. The number of morpholine rings is 1. The van der Waals surface area contributed by atoms with Gasteiger partial charge in [0.05, 0.1) is 24.2 Å². The summed E-state index contributed by atoms with van der Waals surface area (Å²) in [5.74, 6) is 2.69. The second-order valence-electron chi connectivity index (χ2n) is 11.4. The summed E-state index contributed by atoms with van der Waals surface area (Å²) in [7, 11) is 0. The van der Waals surface area contributed by atoms with Gasteiger partial charge in [-0.1, -0.05) is 19.1 Å². The molecule has 2 saturated heterocycles. The van der Waals surface area contributed by atoms with Crippen LogP contribution in [0.3, 0.4) is 0 Å². The zero-order valence-corrected chi connectivity index (χ0v) is 22.7. The number of rotatable bonds is 7. The molecule has 39 heavy (non-hydrogen) atoms. The molecule has 210 valence electrons. The summed E-state index contributed by atoms with van der Waals surface area (Å²) >= 11 is 0. The van der Waals surface area contributed by atoms with Gasteiger partial charge in [-0.05, 0) is 75.6 Å². The van der Waals surface area contributed by atoms with E-state index in [4.69, 9.17) is 14.7 Å². The van der Waals surface area contributed by atoms with Crippen molar-refractivity contribution in [1.29, 1.82) is 0 Å². The van der Waals surface area contributed by atoms with Crippen molar-refractivity contribution in [2.45, 2.75) is 57.9 Å². The number of ether oxygens (including phenoxy) is 1. The van der Waals surface area contributed by atoms with E-state index in [2.05, 4.69) is 27.0 Å². The number of nitrogens with zero attached hydrogens (tertiary/aromatic N) is 6. The van der Waals surface area contributed by atoms with E-state index in [1.165, 1.54) is 56.2 Å². The molecule has 1 N–H and O–H groups in total. The van der Waals surface area contributed by atoms with Crippen molar-refractivity contribution in [3.63, 3.8) is 0 Å². The molecule has 3 aliphatic rings. The van der Waals surface area contributed by atoms with Crippen molar-refractivity contribution in [2.75, 3.05) is 56.2 Å². The van der Waals surface area contributed by atoms with Crippen molar-refractivity contribution >= 4 is 22.8 Å². The molecule has 1 aromatic carbocycles. The highest BCUT2D eigenvalue weighted by Crippen LogP contribution is 2.32. The van der Waals surface area contributed by atoms with E-state index in [0.29, 0.717) is 66.9 Å². The molecule has 3 aromatic rings. The van der Waals surface area contributed by atoms with Gasteiger partial charge in [-0.3, -0.25) is 4.57 Å². The molecule has 2 aliphatic heterocycles. The SMILES string of the molecule is CC1CCN([C@H]2CC[C@H](CNc3nc(N4CCOCC4)cc(-n4c(C(F)F)nc5ccccc54)n3)CC2)CC1. The van der Waals surface area contributed by atoms with Crippen LogP contribution in [-0.2, 0) is 4.74 Å². The zero-order chi connectivity index (χ0) is 26.8. The van der Waals surface area contributed by atoms with Crippen molar-refractivity contribution in [2.24, 2.45) is 11.8 Å². The lowest BCUT2D eigenvalue weighted by Gasteiger charge is -2.40. The maximum atomic E-state index is 14.1. The number of piperidine rings is 1. The normalized spacial score (nSPS) is 23.5. The second-order valence-corrected chi connectivity index (χ2v) is 11.4. The van der Waals surface area contributed by atoms with Gasteiger partial charge in [0.2, 0.25) is 5.95 Å². The highest BCUT2D eigenvalue weighted by Gasteiger charge is 2.28. The number of likely N-dealkylation sites (tertiary alicyclic amines) is 1. The van der Waals surface area contributed by atoms with Crippen LogP contribution < -0.4 is 10.2 Å². The van der Waals surface area contributed by atoms with E-state index < -0.39 is 6.43 Å². The van der Waals surface area contributed by atoms with Gasteiger partial charge in [-0.2, -0.15) is 9.97 Å². The lowest BCUT2D eigenvalue weighted by molar-refractivity contribution is 0.0997. The summed E-state index contributed by atoms with van der Waals surface area (Å²) in [6, 6.07) is 9.70. The number of imidazole rings is 1. The van der Waals surface area contributed by atoms with E-state index in [0.717, 1.165) is 12.5 Å². The number of nitrogens with one attached hydrogen (secondary N) is 1. The molecule has 0 radical (unpaired) electrons. The molecule has 1 aliphatic carbocycles. The van der Waals surface area contributed by atoms with Crippen LogP contribution in [0, 0.1) is 11.8 Å². The maximum absolute atomic E-state index is 14.1. The van der Waals surface area contributed by atoms with Crippen molar-refractivity contribution < 1.29 is 13.5 Å². The molecule has 0 amide bonds. The first-order valence-electron chi connectivity index (χ1n) is 14.5. The second kappa shape index (κ2) is 11.7. The van der Waals surface area contributed by atoms with Crippen LogP contribution in [0.5, 0.6) is 0 Å². The van der Waals surface area contributed by atoms with Gasteiger partial charge in [0.25, 0.3) is 6.43 Å². The van der Waals surface area contributed by atoms with Crippen LogP contribution >= 0.6 is 0 Å². The quantitative estimate of drug-likeness (QED) is 0.437. The average molecular weight is 540 g/mol. The van der Waals surface area contributed by atoms with Crippen LogP contribution in [0.25, 0.3) is 16.9 Å². The first-order chi connectivity index (χ1) is 19.0. The molecule has 1 saturated carbocycles. The molecule has 10 heteroatoms. The fraction of sp³-hybridized carbons (Fsp3) is 0.621. The van der Waals surface area contributed by atoms with Gasteiger partial charge in [0.1, 0.15) is 11.6 Å². The lowest BCUT2D eigenvalue weighted by atomic mass is 9.84. The van der Waals surface area contributed by atoms with Gasteiger partial charge in [-0.15, -0.1) is 0 Å². The topological polar surface area (TPSA) is 71.3 Å². The van der Waals surface area contributed by atoms with E-state index in [9.17, 15) is 8.78 Å². The van der Waals surface area contributed by atoms with Crippen LogP contribution in [0.15, 0.2) is 30.3 Å². The predicted octanol–water partition coefficient (Wildman–Crippen LogP) is 5.29. The Morgan fingerprint density at radius 1 is 0.923 bits per heavy atom. The molecular formula is C29H39F2N7O. The van der Waals surface area contributed by atoms with Crippen LogP contribution in [0.2, 0.25) is 0 Å². The minimum atomic E-state index is -2.73. The first-order valence-corrected chi connectivity index (χ1v) is 14.5.